The molecule has 0 aromatic carbocycles. The number of hydrogen-bond acceptors (Lipinski definition) is 4. The molecule has 0 fully saturated rings. The van der Waals surface area contributed by atoms with E-state index < -0.39 is 0 Å². The number of nitrogens with zero attached hydrogens (tertiary/aromatic N) is 4. The highest BCUT2D eigenvalue weighted by Crippen LogP contribution is 2.21. The van der Waals surface area contributed by atoms with Crippen LogP contribution in [-0.2, 0) is 13.1 Å². The van der Waals surface area contributed by atoms with Crippen LogP contribution in [0.15, 0.2) is 6.33 Å². The molecule has 0 radical (unpaired) electrons. The van der Waals surface area contributed by atoms with Crippen molar-refractivity contribution in [2.75, 3.05) is 13.1 Å². The third-order valence-corrected chi connectivity index (χ3v) is 3.41. The van der Waals surface area contributed by atoms with E-state index in [1.54, 1.807) is 0 Å². The van der Waals surface area contributed by atoms with Crippen molar-refractivity contribution in [1.82, 2.24) is 19.7 Å². The van der Waals surface area contributed by atoms with Gasteiger partial charge in [0.25, 0.3) is 0 Å². The zero-order valence-electron chi connectivity index (χ0n) is 11.8. The van der Waals surface area contributed by atoms with E-state index in [2.05, 4.69) is 40.4 Å². The van der Waals surface area contributed by atoms with Crippen molar-refractivity contribution in [1.29, 1.82) is 0 Å². The fourth-order valence-corrected chi connectivity index (χ4v) is 2.54. The van der Waals surface area contributed by atoms with E-state index in [0.29, 0.717) is 11.5 Å². The van der Waals surface area contributed by atoms with Gasteiger partial charge in [0, 0.05) is 25.7 Å². The maximum absolute atomic E-state index is 6.19. The summed E-state index contributed by atoms with van der Waals surface area (Å²) in [5.41, 5.74) is 6.51. The maximum atomic E-state index is 6.19. The molecule has 2 rings (SSSR count). The summed E-state index contributed by atoms with van der Waals surface area (Å²) in [6, 6.07) is 0.296. The van der Waals surface area contributed by atoms with Gasteiger partial charge in [-0.2, -0.15) is 0 Å². The minimum atomic E-state index is 0.296. The number of fused-ring (bicyclic) bond motifs is 1. The Morgan fingerprint density at radius 2 is 2.17 bits per heavy atom. The molecule has 0 saturated heterocycles. The van der Waals surface area contributed by atoms with E-state index in [-0.39, 0.29) is 0 Å². The topological polar surface area (TPSA) is 60.0 Å². The van der Waals surface area contributed by atoms with Crippen LogP contribution < -0.4 is 5.73 Å². The van der Waals surface area contributed by atoms with Crippen LogP contribution >= 0.6 is 0 Å². The standard InChI is InChI=1S/C13H25N5/c1-13(2,3)8-11(14)4-5-17-6-7-18-10-15-16-12(18)9-17/h10-11H,4-9,14H2,1-3H3. The minimum absolute atomic E-state index is 0.296. The molecule has 5 heteroatoms. The summed E-state index contributed by atoms with van der Waals surface area (Å²) in [5.74, 6) is 1.07. The Morgan fingerprint density at radius 1 is 1.39 bits per heavy atom. The highest BCUT2D eigenvalue weighted by molar-refractivity contribution is 4.90. The van der Waals surface area contributed by atoms with Crippen LogP contribution in [0.3, 0.4) is 0 Å². The quantitative estimate of drug-likeness (QED) is 0.875. The highest BCUT2D eigenvalue weighted by Gasteiger charge is 2.19. The monoisotopic (exact) mass is 251 g/mol. The van der Waals surface area contributed by atoms with Crippen LogP contribution in [0.1, 0.15) is 39.4 Å². The van der Waals surface area contributed by atoms with Crippen molar-refractivity contribution in [2.45, 2.75) is 52.7 Å². The Labute approximate surface area is 109 Å². The van der Waals surface area contributed by atoms with Crippen molar-refractivity contribution in [3.05, 3.63) is 12.2 Å². The molecule has 1 atom stereocenters. The predicted octanol–water partition coefficient (Wildman–Crippen LogP) is 1.25. The van der Waals surface area contributed by atoms with Gasteiger partial charge in [0.05, 0.1) is 6.54 Å². The molecule has 2 N–H and O–H groups in total. The van der Waals surface area contributed by atoms with Crippen LogP contribution in [-0.4, -0.2) is 38.8 Å². The third kappa shape index (κ3) is 3.78. The van der Waals surface area contributed by atoms with E-state index >= 15 is 0 Å². The molecule has 102 valence electrons. The van der Waals surface area contributed by atoms with E-state index in [1.165, 1.54) is 0 Å². The molecule has 1 aromatic rings. The minimum Gasteiger partial charge on any atom is -0.328 e. The summed E-state index contributed by atoms with van der Waals surface area (Å²) < 4.78 is 2.13. The Bertz CT molecular complexity index is 379. The first-order chi connectivity index (χ1) is 8.44. The van der Waals surface area contributed by atoms with Crippen LogP contribution in [0.4, 0.5) is 0 Å². The van der Waals surface area contributed by atoms with E-state index in [1.807, 2.05) is 6.33 Å². The molecule has 2 heterocycles. The first kappa shape index (κ1) is 13.5. The van der Waals surface area contributed by atoms with Crippen LogP contribution in [0, 0.1) is 5.41 Å². The number of aromatic nitrogens is 3. The average Bonchev–Trinajstić information content (AvgIpc) is 2.71. The summed E-state index contributed by atoms with van der Waals surface area (Å²) in [5, 5.41) is 8.08. The van der Waals surface area contributed by atoms with Gasteiger partial charge < -0.3 is 10.3 Å². The summed E-state index contributed by atoms with van der Waals surface area (Å²) in [4.78, 5) is 2.42. The van der Waals surface area contributed by atoms with E-state index in [9.17, 15) is 0 Å². The second-order valence-corrected chi connectivity index (χ2v) is 6.53. The van der Waals surface area contributed by atoms with Crippen molar-refractivity contribution >= 4 is 0 Å². The smallest absolute Gasteiger partial charge is 0.147 e. The van der Waals surface area contributed by atoms with Crippen molar-refractivity contribution < 1.29 is 0 Å². The molecule has 1 unspecified atom stereocenters. The highest BCUT2D eigenvalue weighted by atomic mass is 15.3. The first-order valence-electron chi connectivity index (χ1n) is 6.79. The third-order valence-electron chi connectivity index (χ3n) is 3.41. The first-order valence-corrected chi connectivity index (χ1v) is 6.79. The molecule has 0 aliphatic carbocycles. The lowest BCUT2D eigenvalue weighted by Gasteiger charge is -2.29. The molecule has 0 amide bonds. The molecule has 5 nitrogen and oxygen atoms in total. The van der Waals surface area contributed by atoms with Gasteiger partial charge in [-0.05, 0) is 18.3 Å². The molecule has 0 saturated carbocycles. The fourth-order valence-electron chi connectivity index (χ4n) is 2.54. The van der Waals surface area contributed by atoms with Crippen LogP contribution in [0.2, 0.25) is 0 Å². The van der Waals surface area contributed by atoms with Gasteiger partial charge in [0.15, 0.2) is 0 Å². The summed E-state index contributed by atoms with van der Waals surface area (Å²) in [6.07, 6.45) is 3.96. The van der Waals surface area contributed by atoms with Crippen LogP contribution in [0.5, 0.6) is 0 Å². The van der Waals surface area contributed by atoms with Gasteiger partial charge in [-0.3, -0.25) is 4.90 Å². The zero-order chi connectivity index (χ0) is 13.2. The molecule has 0 bridgehead atoms. The lowest BCUT2D eigenvalue weighted by atomic mass is 9.87. The molecule has 1 aliphatic heterocycles. The van der Waals surface area contributed by atoms with Crippen molar-refractivity contribution in [3.8, 4) is 0 Å². The molecular formula is C13H25N5. The predicted molar refractivity (Wildman–Crippen MR) is 72.0 cm³/mol. The van der Waals surface area contributed by atoms with Crippen LogP contribution in [0.25, 0.3) is 0 Å². The van der Waals surface area contributed by atoms with Gasteiger partial charge in [0.1, 0.15) is 12.2 Å². The second-order valence-electron chi connectivity index (χ2n) is 6.53. The molecule has 18 heavy (non-hydrogen) atoms. The Kier molecular flexibility index (Phi) is 4.02. The SMILES string of the molecule is CC(C)(C)CC(N)CCN1CCn2cnnc2C1. The molecule has 1 aromatic heterocycles. The maximum Gasteiger partial charge on any atom is 0.147 e. The van der Waals surface area contributed by atoms with Gasteiger partial charge >= 0.3 is 0 Å². The normalized spacial score (nSPS) is 18.7. The number of rotatable bonds is 4. The van der Waals surface area contributed by atoms with Gasteiger partial charge in [-0.15, -0.1) is 10.2 Å². The zero-order valence-corrected chi connectivity index (χ0v) is 11.8. The summed E-state index contributed by atoms with van der Waals surface area (Å²) >= 11 is 0. The number of hydrogen-bond donors (Lipinski definition) is 1. The van der Waals surface area contributed by atoms with E-state index in [0.717, 1.165) is 44.8 Å². The Hall–Kier alpha value is -0.940. The fraction of sp³-hybridized carbons (Fsp3) is 0.846. The molecular weight excluding hydrogens is 226 g/mol. The lowest BCUT2D eigenvalue weighted by Crippen LogP contribution is -2.37. The van der Waals surface area contributed by atoms with Crippen molar-refractivity contribution in [3.63, 3.8) is 0 Å². The summed E-state index contributed by atoms with van der Waals surface area (Å²) in [6.45, 7) is 10.8. The van der Waals surface area contributed by atoms with Gasteiger partial charge in [-0.1, -0.05) is 20.8 Å². The Morgan fingerprint density at radius 3 is 2.89 bits per heavy atom. The van der Waals surface area contributed by atoms with E-state index in [4.69, 9.17) is 5.73 Å². The number of nitrogens with two attached hydrogens (primary N) is 1. The summed E-state index contributed by atoms with van der Waals surface area (Å²) in [7, 11) is 0. The largest absolute Gasteiger partial charge is 0.328 e. The lowest BCUT2D eigenvalue weighted by molar-refractivity contribution is 0.202. The van der Waals surface area contributed by atoms with Gasteiger partial charge in [0.2, 0.25) is 0 Å². The second kappa shape index (κ2) is 5.36. The average molecular weight is 251 g/mol. The van der Waals surface area contributed by atoms with Crippen molar-refractivity contribution in [2.24, 2.45) is 11.1 Å². The molecule has 0 spiro atoms. The molecule has 1 aliphatic rings. The Balaban J connectivity index is 1.75. The van der Waals surface area contributed by atoms with Gasteiger partial charge in [-0.25, -0.2) is 0 Å².